The fourth-order valence-electron chi connectivity index (χ4n) is 1.91. The van der Waals surface area contributed by atoms with E-state index in [-0.39, 0.29) is 16.9 Å². The van der Waals surface area contributed by atoms with E-state index in [0.29, 0.717) is 12.0 Å². The molecule has 0 aliphatic heterocycles. The average molecular weight is 276 g/mol. The van der Waals surface area contributed by atoms with Crippen LogP contribution in [0.15, 0.2) is 30.3 Å². The Kier molecular flexibility index (Phi) is 3.98. The zero-order valence-electron chi connectivity index (χ0n) is 11.1. The number of carbonyl (C=O) groups excluding carboxylic acids is 1. The number of nitrogens with one attached hydrogen (secondary N) is 2. The van der Waals surface area contributed by atoms with Gasteiger partial charge in [-0.1, -0.05) is 6.07 Å². The number of aryl methyl sites for hydroxylation is 1. The SMILES string of the molecule is CNc1ccc(F)c(C=O)c1Nc1ccc(C)cc1F. The van der Waals surface area contributed by atoms with Crippen LogP contribution in [0, 0.1) is 18.6 Å². The van der Waals surface area contributed by atoms with Gasteiger partial charge in [-0.2, -0.15) is 0 Å². The number of rotatable bonds is 4. The van der Waals surface area contributed by atoms with Crippen molar-refractivity contribution >= 4 is 23.3 Å². The Morgan fingerprint density at radius 1 is 1.05 bits per heavy atom. The Hall–Kier alpha value is -2.43. The molecule has 20 heavy (non-hydrogen) atoms. The van der Waals surface area contributed by atoms with Gasteiger partial charge in [-0.15, -0.1) is 0 Å². The molecule has 3 nitrogen and oxygen atoms in total. The molecule has 0 spiro atoms. The third kappa shape index (κ3) is 2.61. The lowest BCUT2D eigenvalue weighted by atomic mass is 10.1. The van der Waals surface area contributed by atoms with Crippen LogP contribution in [0.1, 0.15) is 15.9 Å². The van der Waals surface area contributed by atoms with E-state index >= 15 is 0 Å². The number of benzene rings is 2. The van der Waals surface area contributed by atoms with Crippen LogP contribution in [0.2, 0.25) is 0 Å². The van der Waals surface area contributed by atoms with Crippen LogP contribution < -0.4 is 10.6 Å². The topological polar surface area (TPSA) is 41.1 Å². The van der Waals surface area contributed by atoms with Gasteiger partial charge in [0.25, 0.3) is 0 Å². The summed E-state index contributed by atoms with van der Waals surface area (Å²) in [6.45, 7) is 1.77. The Morgan fingerprint density at radius 3 is 2.35 bits per heavy atom. The van der Waals surface area contributed by atoms with Gasteiger partial charge in [0, 0.05) is 7.05 Å². The van der Waals surface area contributed by atoms with E-state index in [1.54, 1.807) is 26.1 Å². The number of halogens is 2. The maximum atomic E-state index is 13.8. The van der Waals surface area contributed by atoms with Crippen molar-refractivity contribution in [2.75, 3.05) is 17.7 Å². The normalized spacial score (nSPS) is 10.2. The zero-order chi connectivity index (χ0) is 14.7. The lowest BCUT2D eigenvalue weighted by molar-refractivity contribution is 0.112. The first kappa shape index (κ1) is 14.0. The smallest absolute Gasteiger partial charge is 0.155 e. The van der Waals surface area contributed by atoms with Crippen LogP contribution in [-0.4, -0.2) is 13.3 Å². The predicted molar refractivity (Wildman–Crippen MR) is 75.8 cm³/mol. The molecule has 2 rings (SSSR count). The third-order valence-corrected chi connectivity index (χ3v) is 2.96. The molecule has 2 aromatic rings. The van der Waals surface area contributed by atoms with Gasteiger partial charge in [-0.25, -0.2) is 8.78 Å². The van der Waals surface area contributed by atoms with E-state index < -0.39 is 11.6 Å². The van der Waals surface area contributed by atoms with E-state index in [9.17, 15) is 13.6 Å². The molecule has 2 aromatic carbocycles. The minimum atomic E-state index is -0.658. The van der Waals surface area contributed by atoms with Gasteiger partial charge in [0.15, 0.2) is 6.29 Å². The van der Waals surface area contributed by atoms with Gasteiger partial charge in [0.2, 0.25) is 0 Å². The van der Waals surface area contributed by atoms with Crippen molar-refractivity contribution in [3.8, 4) is 0 Å². The second-order valence-corrected chi connectivity index (χ2v) is 4.36. The summed E-state index contributed by atoms with van der Waals surface area (Å²) in [4.78, 5) is 11.0. The molecule has 0 aromatic heterocycles. The number of hydrogen-bond acceptors (Lipinski definition) is 3. The standard InChI is InChI=1S/C15H14F2N2O/c1-9-3-5-13(12(17)7-9)19-15-10(8-20)11(16)4-6-14(15)18-2/h3-8,18-19H,1-2H3. The molecule has 0 saturated carbocycles. The van der Waals surface area contributed by atoms with Gasteiger partial charge in [0.05, 0.1) is 22.6 Å². The Morgan fingerprint density at radius 2 is 1.75 bits per heavy atom. The van der Waals surface area contributed by atoms with Gasteiger partial charge in [-0.3, -0.25) is 4.79 Å². The van der Waals surface area contributed by atoms with E-state index in [1.165, 1.54) is 18.2 Å². The highest BCUT2D eigenvalue weighted by Crippen LogP contribution is 2.31. The van der Waals surface area contributed by atoms with E-state index in [4.69, 9.17) is 0 Å². The van der Waals surface area contributed by atoms with Crippen molar-refractivity contribution in [2.45, 2.75) is 6.92 Å². The summed E-state index contributed by atoms with van der Waals surface area (Å²) in [6.07, 6.45) is 0.407. The number of anilines is 3. The number of carbonyl (C=O) groups is 1. The largest absolute Gasteiger partial charge is 0.386 e. The summed E-state index contributed by atoms with van der Waals surface area (Å²) in [5.41, 5.74) is 1.54. The van der Waals surface area contributed by atoms with Gasteiger partial charge >= 0.3 is 0 Å². The molecule has 0 atom stereocenters. The van der Waals surface area contributed by atoms with Crippen molar-refractivity contribution < 1.29 is 13.6 Å². The van der Waals surface area contributed by atoms with Crippen LogP contribution in [-0.2, 0) is 0 Å². The van der Waals surface area contributed by atoms with Gasteiger partial charge in [0.1, 0.15) is 11.6 Å². The van der Waals surface area contributed by atoms with Crippen LogP contribution >= 0.6 is 0 Å². The highest BCUT2D eigenvalue weighted by atomic mass is 19.1. The molecule has 2 N–H and O–H groups in total. The summed E-state index contributed by atoms with van der Waals surface area (Å²) < 4.78 is 27.5. The fraction of sp³-hybridized carbons (Fsp3) is 0.133. The molecule has 0 bridgehead atoms. The minimum Gasteiger partial charge on any atom is -0.386 e. The number of hydrogen-bond donors (Lipinski definition) is 2. The van der Waals surface area contributed by atoms with Crippen molar-refractivity contribution in [3.63, 3.8) is 0 Å². The summed E-state index contributed by atoms with van der Waals surface area (Å²) in [6, 6.07) is 7.30. The van der Waals surface area contributed by atoms with Crippen molar-refractivity contribution in [1.82, 2.24) is 0 Å². The summed E-state index contributed by atoms with van der Waals surface area (Å²) in [7, 11) is 1.64. The second kappa shape index (κ2) is 5.69. The van der Waals surface area contributed by atoms with Crippen molar-refractivity contribution in [2.24, 2.45) is 0 Å². The van der Waals surface area contributed by atoms with E-state index in [2.05, 4.69) is 10.6 Å². The fourth-order valence-corrected chi connectivity index (χ4v) is 1.91. The summed E-state index contributed by atoms with van der Waals surface area (Å²) >= 11 is 0. The number of aldehydes is 1. The molecule has 0 radical (unpaired) electrons. The minimum absolute atomic E-state index is 0.142. The first-order chi connectivity index (χ1) is 9.56. The molecule has 0 amide bonds. The maximum absolute atomic E-state index is 13.8. The monoisotopic (exact) mass is 276 g/mol. The molecule has 0 aliphatic rings. The highest BCUT2D eigenvalue weighted by molar-refractivity contribution is 5.92. The quantitative estimate of drug-likeness (QED) is 0.833. The molecule has 5 heteroatoms. The van der Waals surface area contributed by atoms with Crippen LogP contribution in [0.5, 0.6) is 0 Å². The lowest BCUT2D eigenvalue weighted by Gasteiger charge is -2.15. The maximum Gasteiger partial charge on any atom is 0.155 e. The highest BCUT2D eigenvalue weighted by Gasteiger charge is 2.14. The van der Waals surface area contributed by atoms with Crippen molar-refractivity contribution in [3.05, 3.63) is 53.1 Å². The molecular formula is C15H14F2N2O. The molecule has 0 heterocycles. The van der Waals surface area contributed by atoms with Crippen molar-refractivity contribution in [1.29, 1.82) is 0 Å². The molecule has 0 saturated heterocycles. The molecule has 104 valence electrons. The first-order valence-electron chi connectivity index (χ1n) is 6.05. The Bertz CT molecular complexity index is 657. The summed E-state index contributed by atoms with van der Waals surface area (Å²) in [5.74, 6) is -1.12. The molecular weight excluding hydrogens is 262 g/mol. The van der Waals surface area contributed by atoms with Crippen LogP contribution in [0.4, 0.5) is 25.8 Å². The Balaban J connectivity index is 2.51. The predicted octanol–water partition coefficient (Wildman–Crippen LogP) is 3.87. The lowest BCUT2D eigenvalue weighted by Crippen LogP contribution is -2.04. The molecule has 0 unspecified atom stereocenters. The van der Waals surface area contributed by atoms with E-state index in [1.807, 2.05) is 0 Å². The Labute approximate surface area is 115 Å². The molecule has 0 aliphatic carbocycles. The first-order valence-corrected chi connectivity index (χ1v) is 6.05. The third-order valence-electron chi connectivity index (χ3n) is 2.96. The van der Waals surface area contributed by atoms with Crippen LogP contribution in [0.25, 0.3) is 0 Å². The zero-order valence-corrected chi connectivity index (χ0v) is 11.1. The second-order valence-electron chi connectivity index (χ2n) is 4.36. The van der Waals surface area contributed by atoms with Gasteiger partial charge in [-0.05, 0) is 36.8 Å². The van der Waals surface area contributed by atoms with Gasteiger partial charge < -0.3 is 10.6 Å². The average Bonchev–Trinajstić information content (AvgIpc) is 2.42. The molecule has 0 fully saturated rings. The summed E-state index contributed by atoms with van der Waals surface area (Å²) in [5, 5.41) is 5.61. The van der Waals surface area contributed by atoms with Crippen LogP contribution in [0.3, 0.4) is 0 Å². The van der Waals surface area contributed by atoms with E-state index in [0.717, 1.165) is 5.56 Å².